The minimum Gasteiger partial charge on any atom is -0.388 e. The molecule has 1 saturated heterocycles. The molecule has 36 heavy (non-hydrogen) atoms. The lowest BCUT2D eigenvalue weighted by Gasteiger charge is -2.38. The molecule has 0 aliphatic carbocycles. The van der Waals surface area contributed by atoms with Crippen molar-refractivity contribution in [3.05, 3.63) is 93.1 Å². The molecular formula is C27H26Cl2N4O3. The number of rotatable bonds is 6. The number of aliphatic hydroxyl groups is 1. The van der Waals surface area contributed by atoms with Crippen molar-refractivity contribution in [3.8, 4) is 5.69 Å². The summed E-state index contributed by atoms with van der Waals surface area (Å²) in [6.45, 7) is 0.998. The summed E-state index contributed by atoms with van der Waals surface area (Å²) in [6, 6.07) is 18.6. The van der Waals surface area contributed by atoms with E-state index in [9.17, 15) is 14.7 Å². The normalized spacial score (nSPS) is 15.4. The number of likely N-dealkylation sites (tertiary alicyclic amines) is 1. The van der Waals surface area contributed by atoms with Crippen LogP contribution in [0.1, 0.15) is 24.8 Å². The second kappa shape index (κ2) is 10.1. The summed E-state index contributed by atoms with van der Waals surface area (Å²) >= 11 is 12.6. The third-order valence-electron chi connectivity index (χ3n) is 6.79. The van der Waals surface area contributed by atoms with Gasteiger partial charge in [-0.3, -0.25) is 18.7 Å². The number of fused-ring (bicyclic) bond motifs is 1. The largest absolute Gasteiger partial charge is 0.388 e. The van der Waals surface area contributed by atoms with E-state index in [0.29, 0.717) is 65.7 Å². The van der Waals surface area contributed by atoms with Crippen LogP contribution in [0, 0.1) is 0 Å². The van der Waals surface area contributed by atoms with Gasteiger partial charge in [0.1, 0.15) is 11.5 Å². The molecule has 0 spiro atoms. The van der Waals surface area contributed by atoms with E-state index in [4.69, 9.17) is 23.2 Å². The second-order valence-electron chi connectivity index (χ2n) is 9.29. The van der Waals surface area contributed by atoms with Gasteiger partial charge in [-0.15, -0.1) is 0 Å². The Labute approximate surface area is 218 Å². The molecule has 4 aromatic rings. The molecule has 7 nitrogen and oxygen atoms in total. The van der Waals surface area contributed by atoms with E-state index < -0.39 is 5.60 Å². The van der Waals surface area contributed by atoms with Crippen LogP contribution in [0.4, 0.5) is 0 Å². The van der Waals surface area contributed by atoms with Crippen molar-refractivity contribution in [3.63, 3.8) is 0 Å². The van der Waals surface area contributed by atoms with Crippen molar-refractivity contribution in [2.75, 3.05) is 13.1 Å². The first-order valence-electron chi connectivity index (χ1n) is 11.9. The average molecular weight is 525 g/mol. The van der Waals surface area contributed by atoms with Crippen LogP contribution in [-0.2, 0) is 17.8 Å². The van der Waals surface area contributed by atoms with Gasteiger partial charge in [0.2, 0.25) is 5.91 Å². The summed E-state index contributed by atoms with van der Waals surface area (Å²) in [5.41, 5.74) is 0.877. The highest BCUT2D eigenvalue weighted by molar-refractivity contribution is 6.31. The van der Waals surface area contributed by atoms with Crippen molar-refractivity contribution < 1.29 is 9.90 Å². The van der Waals surface area contributed by atoms with Gasteiger partial charge in [-0.05, 0) is 49.1 Å². The Balaban J connectivity index is 1.28. The third kappa shape index (κ3) is 5.05. The first-order valence-corrected chi connectivity index (χ1v) is 12.6. The predicted octanol–water partition coefficient (Wildman–Crippen LogP) is 4.48. The van der Waals surface area contributed by atoms with Crippen molar-refractivity contribution in [2.24, 2.45) is 0 Å². The molecule has 2 aromatic heterocycles. The topological polar surface area (TPSA) is 80.4 Å². The van der Waals surface area contributed by atoms with Crippen LogP contribution < -0.4 is 5.56 Å². The number of hydrogen-bond donors (Lipinski definition) is 1. The summed E-state index contributed by atoms with van der Waals surface area (Å²) in [5.74, 6) is 0.0816. The number of piperidine rings is 1. The van der Waals surface area contributed by atoms with Crippen LogP contribution in [0.2, 0.25) is 10.2 Å². The van der Waals surface area contributed by atoms with E-state index in [0.717, 1.165) is 5.56 Å². The zero-order valence-corrected chi connectivity index (χ0v) is 21.1. The van der Waals surface area contributed by atoms with Crippen molar-refractivity contribution in [1.82, 2.24) is 19.0 Å². The molecule has 1 N–H and O–H groups in total. The predicted molar refractivity (Wildman–Crippen MR) is 141 cm³/mol. The molecule has 2 aromatic carbocycles. The highest BCUT2D eigenvalue weighted by Gasteiger charge is 2.34. The standard InChI is InChI=1S/C27H26Cl2N4O3/c28-20-7-4-8-21(15-20)33-23(29)16-22-25(33)30-18-32(26(22)35)17-27(36)11-13-31(14-12-27)24(34)10-9-19-5-2-1-3-6-19/h1-8,15-16,18,36H,9-14,17H2. The smallest absolute Gasteiger partial charge is 0.262 e. The van der Waals surface area contributed by atoms with Crippen LogP contribution in [0.5, 0.6) is 0 Å². The van der Waals surface area contributed by atoms with Gasteiger partial charge in [0.25, 0.3) is 5.56 Å². The molecule has 0 radical (unpaired) electrons. The van der Waals surface area contributed by atoms with E-state index in [1.54, 1.807) is 33.7 Å². The maximum atomic E-state index is 13.2. The quantitative estimate of drug-likeness (QED) is 0.403. The second-order valence-corrected chi connectivity index (χ2v) is 10.1. The molecule has 1 aliphatic heterocycles. The Morgan fingerprint density at radius 2 is 1.78 bits per heavy atom. The number of carbonyl (C=O) groups is 1. The lowest BCUT2D eigenvalue weighted by atomic mass is 9.91. The number of aryl methyl sites for hydroxylation is 1. The Bertz CT molecular complexity index is 1460. The highest BCUT2D eigenvalue weighted by Crippen LogP contribution is 2.28. The van der Waals surface area contributed by atoms with Gasteiger partial charge in [-0.25, -0.2) is 4.98 Å². The van der Waals surface area contributed by atoms with Gasteiger partial charge in [0, 0.05) is 30.2 Å². The molecule has 1 aliphatic rings. The summed E-state index contributed by atoms with van der Waals surface area (Å²) in [7, 11) is 0. The van der Waals surface area contributed by atoms with E-state index >= 15 is 0 Å². The first-order chi connectivity index (χ1) is 17.3. The van der Waals surface area contributed by atoms with Gasteiger partial charge in [0.05, 0.1) is 17.5 Å². The summed E-state index contributed by atoms with van der Waals surface area (Å²) < 4.78 is 3.09. The number of hydrogen-bond acceptors (Lipinski definition) is 4. The molecule has 3 heterocycles. The van der Waals surface area contributed by atoms with E-state index in [1.165, 1.54) is 10.9 Å². The fraction of sp³-hybridized carbons (Fsp3) is 0.296. The monoisotopic (exact) mass is 524 g/mol. The number of nitrogens with zero attached hydrogens (tertiary/aromatic N) is 4. The van der Waals surface area contributed by atoms with Gasteiger partial charge in [-0.1, -0.05) is 59.6 Å². The fourth-order valence-electron chi connectivity index (χ4n) is 4.76. The molecular weight excluding hydrogens is 499 g/mol. The average Bonchev–Trinajstić information content (AvgIpc) is 3.22. The zero-order valence-electron chi connectivity index (χ0n) is 19.6. The third-order valence-corrected chi connectivity index (χ3v) is 7.30. The number of carbonyl (C=O) groups excluding carboxylic acids is 1. The molecule has 9 heteroatoms. The number of benzene rings is 2. The van der Waals surface area contributed by atoms with Gasteiger partial charge < -0.3 is 10.0 Å². The fourth-order valence-corrected chi connectivity index (χ4v) is 5.23. The van der Waals surface area contributed by atoms with Crippen molar-refractivity contribution in [2.45, 2.75) is 37.8 Å². The maximum absolute atomic E-state index is 13.2. The minimum atomic E-state index is -1.10. The molecule has 1 fully saturated rings. The summed E-state index contributed by atoms with van der Waals surface area (Å²) in [4.78, 5) is 32.2. The van der Waals surface area contributed by atoms with Crippen LogP contribution in [0.15, 0.2) is 71.8 Å². The zero-order chi connectivity index (χ0) is 25.3. The lowest BCUT2D eigenvalue weighted by molar-refractivity contribution is -0.135. The van der Waals surface area contributed by atoms with E-state index in [-0.39, 0.29) is 18.0 Å². The molecule has 1 amide bonds. The number of aromatic nitrogens is 3. The van der Waals surface area contributed by atoms with E-state index in [2.05, 4.69) is 4.98 Å². The van der Waals surface area contributed by atoms with E-state index in [1.807, 2.05) is 36.4 Å². The molecule has 186 valence electrons. The van der Waals surface area contributed by atoms with Gasteiger partial charge in [-0.2, -0.15) is 0 Å². The Kier molecular flexibility index (Phi) is 6.88. The molecule has 0 bridgehead atoms. The molecule has 0 unspecified atom stereocenters. The lowest BCUT2D eigenvalue weighted by Crippen LogP contribution is -2.49. The SMILES string of the molecule is O=C(CCc1ccccc1)N1CCC(O)(Cn2cnc3c(cc(Cl)n3-c3cccc(Cl)c3)c2=O)CC1. The molecule has 0 saturated carbocycles. The Morgan fingerprint density at radius 1 is 1.03 bits per heavy atom. The molecule has 0 atom stereocenters. The van der Waals surface area contributed by atoms with Crippen LogP contribution in [0.3, 0.4) is 0 Å². The summed E-state index contributed by atoms with van der Waals surface area (Å²) in [5, 5.41) is 12.5. The minimum absolute atomic E-state index is 0.0816. The van der Waals surface area contributed by atoms with Crippen LogP contribution in [-0.4, -0.2) is 48.7 Å². The highest BCUT2D eigenvalue weighted by atomic mass is 35.5. The van der Waals surface area contributed by atoms with Gasteiger partial charge >= 0.3 is 0 Å². The van der Waals surface area contributed by atoms with Crippen molar-refractivity contribution >= 4 is 40.1 Å². The first kappa shape index (κ1) is 24.6. The van der Waals surface area contributed by atoms with Crippen LogP contribution in [0.25, 0.3) is 16.7 Å². The van der Waals surface area contributed by atoms with Gasteiger partial charge in [0.15, 0.2) is 5.65 Å². The summed E-state index contributed by atoms with van der Waals surface area (Å²) in [6.07, 6.45) is 3.35. The Morgan fingerprint density at radius 3 is 2.50 bits per heavy atom. The number of halogens is 2. The number of amides is 1. The van der Waals surface area contributed by atoms with Crippen molar-refractivity contribution in [1.29, 1.82) is 0 Å². The Hall–Kier alpha value is -3.13. The molecule has 5 rings (SSSR count). The maximum Gasteiger partial charge on any atom is 0.262 e. The van der Waals surface area contributed by atoms with Crippen LogP contribution >= 0.6 is 23.2 Å².